The van der Waals surface area contributed by atoms with Crippen LogP contribution < -0.4 is 0 Å². The molecular formula is C19H16O4S. The van der Waals surface area contributed by atoms with Gasteiger partial charge in [-0.1, -0.05) is 36.4 Å². The van der Waals surface area contributed by atoms with Crippen LogP contribution in [0.2, 0.25) is 0 Å². The lowest BCUT2D eigenvalue weighted by Gasteiger charge is -2.38. The van der Waals surface area contributed by atoms with Crippen molar-refractivity contribution in [2.45, 2.75) is 14.7 Å². The average molecular weight is 340 g/mol. The van der Waals surface area contributed by atoms with Gasteiger partial charge in [-0.05, 0) is 58.8 Å². The first-order valence-corrected chi connectivity index (χ1v) is 8.84. The predicted octanol–water partition coefficient (Wildman–Crippen LogP) is 5.28. The van der Waals surface area contributed by atoms with E-state index in [2.05, 4.69) is 0 Å². The van der Waals surface area contributed by atoms with E-state index in [1.165, 1.54) is 12.1 Å². The molecule has 0 aliphatic rings. The van der Waals surface area contributed by atoms with E-state index in [1.54, 1.807) is 12.1 Å². The molecule has 122 valence electrons. The van der Waals surface area contributed by atoms with Crippen LogP contribution in [0.25, 0.3) is 0 Å². The highest BCUT2D eigenvalue weighted by atomic mass is 32.3. The van der Waals surface area contributed by atoms with Crippen molar-refractivity contribution in [1.82, 2.24) is 0 Å². The van der Waals surface area contributed by atoms with Crippen molar-refractivity contribution in [1.29, 1.82) is 0 Å². The number of phenolic OH excluding ortho intramolecular Hbond substituents is 1. The Morgan fingerprint density at radius 1 is 0.708 bits per heavy atom. The van der Waals surface area contributed by atoms with E-state index in [4.69, 9.17) is 4.18 Å². The van der Waals surface area contributed by atoms with Crippen LogP contribution in [0.5, 0.6) is 5.75 Å². The van der Waals surface area contributed by atoms with Crippen molar-refractivity contribution in [3.8, 4) is 5.75 Å². The third-order valence-electron chi connectivity index (χ3n) is 3.52. The summed E-state index contributed by atoms with van der Waals surface area (Å²) in [5.74, 6) is 0.114. The molecule has 3 rings (SSSR count). The second-order valence-electron chi connectivity index (χ2n) is 5.03. The predicted molar refractivity (Wildman–Crippen MR) is 92.5 cm³/mol. The molecule has 2 N–H and O–H groups in total. The first-order valence-electron chi connectivity index (χ1n) is 7.28. The number of rotatable bonds is 4. The van der Waals surface area contributed by atoms with Crippen molar-refractivity contribution in [2.24, 2.45) is 0 Å². The van der Waals surface area contributed by atoms with Crippen LogP contribution in [-0.2, 0) is 4.18 Å². The average Bonchev–Trinajstić information content (AvgIpc) is 2.62. The van der Waals surface area contributed by atoms with E-state index in [0.717, 1.165) is 9.79 Å². The fourth-order valence-electron chi connectivity index (χ4n) is 2.52. The Hall–Kier alpha value is -2.92. The zero-order valence-corrected chi connectivity index (χ0v) is 13.5. The molecule has 0 saturated carbocycles. The van der Waals surface area contributed by atoms with E-state index < -0.39 is 16.5 Å². The van der Waals surface area contributed by atoms with E-state index >= 15 is 0 Å². The third kappa shape index (κ3) is 2.94. The number of hydrogen-bond donors (Lipinski definition) is 2. The molecule has 3 aromatic rings. The lowest BCUT2D eigenvalue weighted by molar-refractivity contribution is 0.150. The Labute approximate surface area is 141 Å². The fraction of sp³-hybridized carbons (Fsp3) is 0. The molecule has 0 unspecified atom stereocenters. The molecule has 0 radical (unpaired) electrons. The highest BCUT2D eigenvalue weighted by molar-refractivity contribution is 8.30. The number of carboxylic acid groups (broad SMARTS) is 1. The number of phenols is 1. The monoisotopic (exact) mass is 340 g/mol. The highest BCUT2D eigenvalue weighted by Gasteiger charge is 2.35. The minimum atomic E-state index is -2.46. The second kappa shape index (κ2) is 6.68. The van der Waals surface area contributed by atoms with Crippen molar-refractivity contribution in [3.63, 3.8) is 0 Å². The van der Waals surface area contributed by atoms with Gasteiger partial charge in [-0.15, -0.1) is 0 Å². The minimum Gasteiger partial charge on any atom is -0.508 e. The lowest BCUT2D eigenvalue weighted by atomic mass is 10.3. The normalized spacial score (nSPS) is 11.7. The van der Waals surface area contributed by atoms with Gasteiger partial charge in [0.05, 0.1) is 0 Å². The summed E-state index contributed by atoms with van der Waals surface area (Å²) in [5, 5.41) is 19.0. The number of carbonyl (C=O) groups is 1. The summed E-state index contributed by atoms with van der Waals surface area (Å²) < 4.78 is 5.55. The molecule has 0 fully saturated rings. The van der Waals surface area contributed by atoms with Crippen LogP contribution in [0.1, 0.15) is 0 Å². The van der Waals surface area contributed by atoms with Gasteiger partial charge in [-0.2, -0.15) is 0 Å². The zero-order chi connectivity index (χ0) is 17.0. The Morgan fingerprint density at radius 2 is 1.12 bits per heavy atom. The van der Waals surface area contributed by atoms with Crippen molar-refractivity contribution in [2.75, 3.05) is 0 Å². The second-order valence-corrected chi connectivity index (χ2v) is 7.72. The summed E-state index contributed by atoms with van der Waals surface area (Å²) >= 11 is 0. The summed E-state index contributed by atoms with van der Waals surface area (Å²) in [5.41, 5.74) is 0. The van der Waals surface area contributed by atoms with E-state index in [9.17, 15) is 15.0 Å². The molecule has 0 spiro atoms. The van der Waals surface area contributed by atoms with Crippen LogP contribution in [-0.4, -0.2) is 16.4 Å². The molecule has 0 aromatic heterocycles. The Balaban J connectivity index is 2.32. The molecule has 0 bridgehead atoms. The van der Waals surface area contributed by atoms with Gasteiger partial charge in [0.25, 0.3) is 0 Å². The number of aromatic hydroxyl groups is 1. The van der Waals surface area contributed by atoms with Crippen LogP contribution in [0, 0.1) is 0 Å². The number of hydrogen-bond acceptors (Lipinski definition) is 3. The first kappa shape index (κ1) is 16.0. The van der Waals surface area contributed by atoms with Gasteiger partial charge in [-0.25, -0.2) is 4.79 Å². The van der Waals surface area contributed by atoms with Crippen molar-refractivity contribution in [3.05, 3.63) is 84.9 Å². The largest absolute Gasteiger partial charge is 0.517 e. The molecule has 0 aliphatic carbocycles. The maximum absolute atomic E-state index is 11.6. The van der Waals surface area contributed by atoms with Gasteiger partial charge >= 0.3 is 6.16 Å². The smallest absolute Gasteiger partial charge is 0.508 e. The summed E-state index contributed by atoms with van der Waals surface area (Å²) in [6.45, 7) is 0. The van der Waals surface area contributed by atoms with E-state index in [1.807, 2.05) is 60.7 Å². The molecule has 24 heavy (non-hydrogen) atoms. The molecule has 0 amide bonds. The molecule has 4 nitrogen and oxygen atoms in total. The van der Waals surface area contributed by atoms with Crippen LogP contribution >= 0.6 is 10.3 Å². The zero-order valence-electron chi connectivity index (χ0n) is 12.7. The van der Waals surface area contributed by atoms with Gasteiger partial charge in [0.15, 0.2) is 0 Å². The van der Waals surface area contributed by atoms with Gasteiger partial charge in [0.1, 0.15) is 5.75 Å². The summed E-state index contributed by atoms with van der Waals surface area (Å²) in [4.78, 5) is 13.8. The molecular weight excluding hydrogens is 324 g/mol. The maximum Gasteiger partial charge on any atom is 0.517 e. The van der Waals surface area contributed by atoms with Gasteiger partial charge < -0.3 is 14.4 Å². The van der Waals surface area contributed by atoms with Crippen LogP contribution in [0.4, 0.5) is 4.79 Å². The topological polar surface area (TPSA) is 66.8 Å². The van der Waals surface area contributed by atoms with E-state index in [0.29, 0.717) is 4.90 Å². The fourth-order valence-corrected chi connectivity index (χ4v) is 5.44. The summed E-state index contributed by atoms with van der Waals surface area (Å²) in [6.07, 6.45) is -1.34. The van der Waals surface area contributed by atoms with Gasteiger partial charge in [-0.3, -0.25) is 0 Å². The molecule has 0 aliphatic heterocycles. The maximum atomic E-state index is 11.6. The first-order chi connectivity index (χ1) is 11.6. The quantitative estimate of drug-likeness (QED) is 0.678. The third-order valence-corrected chi connectivity index (χ3v) is 6.72. The SMILES string of the molecule is O=C(O)OS(c1ccccc1)(c1ccccc1)c1ccc(O)cc1. The minimum absolute atomic E-state index is 0.114. The van der Waals surface area contributed by atoms with Gasteiger partial charge in [0, 0.05) is 14.7 Å². The highest BCUT2D eigenvalue weighted by Crippen LogP contribution is 2.69. The standard InChI is InChI=1S/C19H16O4S/c20-15-11-13-18(14-12-15)24(23-19(21)22,16-7-3-1-4-8-16)17-9-5-2-6-10-17/h1-14,20H,(H,21,22). The van der Waals surface area contributed by atoms with E-state index in [-0.39, 0.29) is 5.75 Å². The molecule has 0 saturated heterocycles. The van der Waals surface area contributed by atoms with Crippen LogP contribution in [0.15, 0.2) is 99.6 Å². The van der Waals surface area contributed by atoms with Crippen LogP contribution in [0.3, 0.4) is 0 Å². The Kier molecular flexibility index (Phi) is 4.44. The summed E-state index contributed by atoms with van der Waals surface area (Å²) in [7, 11) is -2.46. The van der Waals surface area contributed by atoms with Crippen molar-refractivity contribution >= 4 is 16.5 Å². The molecule has 3 aromatic carbocycles. The lowest BCUT2D eigenvalue weighted by Crippen LogP contribution is -2.11. The Morgan fingerprint density at radius 3 is 1.54 bits per heavy atom. The van der Waals surface area contributed by atoms with Crippen molar-refractivity contribution < 1.29 is 19.2 Å². The Bertz CT molecular complexity index is 778. The molecule has 0 heterocycles. The van der Waals surface area contributed by atoms with Gasteiger partial charge in [0.2, 0.25) is 0 Å². The molecule has 0 atom stereocenters. The molecule has 5 heteroatoms. The number of benzene rings is 3. The summed E-state index contributed by atoms with van der Waals surface area (Å²) in [6, 6.07) is 25.1.